The number of nitrogens with two attached hydrogens (primary N) is 1. The Hall–Kier alpha value is -3.22. The Balaban J connectivity index is 2.37. The average Bonchev–Trinajstić information content (AvgIpc) is 3.06. The lowest BCUT2D eigenvalue weighted by molar-refractivity contribution is 0.318. The predicted octanol–water partition coefficient (Wildman–Crippen LogP) is 2.76. The van der Waals surface area contributed by atoms with Gasteiger partial charge in [-0.1, -0.05) is 22.4 Å². The smallest absolute Gasteiger partial charge is 0.187 e. The van der Waals surface area contributed by atoms with Gasteiger partial charge in [-0.15, -0.1) is 0 Å². The number of amidine groups is 1. The number of aromatic hydroxyl groups is 1. The van der Waals surface area contributed by atoms with Crippen LogP contribution in [-0.4, -0.2) is 25.9 Å². The van der Waals surface area contributed by atoms with Crippen molar-refractivity contribution in [2.24, 2.45) is 17.9 Å². The summed E-state index contributed by atoms with van der Waals surface area (Å²) < 4.78 is 7.09. The summed E-state index contributed by atoms with van der Waals surface area (Å²) in [7, 11) is 1.82. The van der Waals surface area contributed by atoms with Crippen LogP contribution in [0.4, 0.5) is 0 Å². The van der Waals surface area contributed by atoms with Crippen molar-refractivity contribution in [1.82, 2.24) is 9.72 Å². The maximum Gasteiger partial charge on any atom is 0.187 e. The molecule has 24 heavy (non-hydrogen) atoms. The summed E-state index contributed by atoms with van der Waals surface area (Å²) in [4.78, 5) is 0. The molecule has 0 atom stereocenters. The third kappa shape index (κ3) is 2.40. The number of nitrogens with zero attached hydrogens (tertiary/aromatic N) is 3. The molecule has 2 aromatic heterocycles. The van der Waals surface area contributed by atoms with Crippen LogP contribution in [0.25, 0.3) is 22.3 Å². The second kappa shape index (κ2) is 5.77. The molecule has 0 amide bonds. The Morgan fingerprint density at radius 3 is 2.42 bits per heavy atom. The van der Waals surface area contributed by atoms with E-state index in [0.717, 1.165) is 22.3 Å². The molecule has 4 N–H and O–H groups in total. The van der Waals surface area contributed by atoms with E-state index < -0.39 is 0 Å². The summed E-state index contributed by atoms with van der Waals surface area (Å²) >= 11 is 0. The van der Waals surface area contributed by atoms with Crippen LogP contribution in [0.3, 0.4) is 0 Å². The van der Waals surface area contributed by atoms with E-state index >= 15 is 0 Å². The maximum absolute atomic E-state index is 9.53. The largest absolute Gasteiger partial charge is 0.508 e. The number of rotatable bonds is 3. The number of aryl methyl sites for hydroxylation is 3. The van der Waals surface area contributed by atoms with E-state index in [1.54, 1.807) is 16.7 Å². The molecule has 0 aliphatic carbocycles. The van der Waals surface area contributed by atoms with E-state index in [9.17, 15) is 5.11 Å². The molecule has 1 aromatic carbocycles. The third-order valence-electron chi connectivity index (χ3n) is 3.99. The van der Waals surface area contributed by atoms with Gasteiger partial charge < -0.3 is 25.1 Å². The molecule has 0 bridgehead atoms. The fourth-order valence-electron chi connectivity index (χ4n) is 2.94. The number of aromatic nitrogens is 2. The van der Waals surface area contributed by atoms with Crippen molar-refractivity contribution in [2.45, 2.75) is 13.8 Å². The lowest BCUT2D eigenvalue weighted by Crippen LogP contribution is -2.18. The molecular weight excluding hydrogens is 308 g/mol. The molecule has 0 spiro atoms. The lowest BCUT2D eigenvalue weighted by Gasteiger charge is -2.08. The monoisotopic (exact) mass is 326 g/mol. The van der Waals surface area contributed by atoms with Crippen LogP contribution < -0.4 is 5.73 Å². The first-order valence-electron chi connectivity index (χ1n) is 7.34. The van der Waals surface area contributed by atoms with Crippen molar-refractivity contribution in [3.05, 3.63) is 47.6 Å². The number of hydrogen-bond acceptors (Lipinski definition) is 5. The fourth-order valence-corrected chi connectivity index (χ4v) is 2.94. The van der Waals surface area contributed by atoms with Crippen LogP contribution in [-0.2, 0) is 7.05 Å². The van der Waals surface area contributed by atoms with Crippen LogP contribution in [0.15, 0.2) is 40.1 Å². The molecule has 0 unspecified atom stereocenters. The van der Waals surface area contributed by atoms with Gasteiger partial charge in [-0.2, -0.15) is 0 Å². The average molecular weight is 326 g/mol. The van der Waals surface area contributed by atoms with Crippen LogP contribution in [0, 0.1) is 13.8 Å². The van der Waals surface area contributed by atoms with Crippen molar-refractivity contribution < 1.29 is 14.8 Å². The first kappa shape index (κ1) is 15.7. The predicted molar refractivity (Wildman–Crippen MR) is 90.0 cm³/mol. The number of hydrogen-bond donors (Lipinski definition) is 3. The van der Waals surface area contributed by atoms with Crippen LogP contribution in [0.5, 0.6) is 5.75 Å². The summed E-state index contributed by atoms with van der Waals surface area (Å²) in [6.45, 7) is 3.66. The van der Waals surface area contributed by atoms with Crippen LogP contribution in [0.2, 0.25) is 0 Å². The maximum atomic E-state index is 9.53. The Bertz CT molecular complexity index is 901. The molecule has 0 saturated heterocycles. The van der Waals surface area contributed by atoms with Crippen molar-refractivity contribution in [2.75, 3.05) is 0 Å². The van der Waals surface area contributed by atoms with Crippen molar-refractivity contribution in [3.8, 4) is 28.0 Å². The number of phenols is 1. The summed E-state index contributed by atoms with van der Waals surface area (Å²) in [6.07, 6.45) is 1.89. The minimum absolute atomic E-state index is 0.00229. The fraction of sp³-hybridized carbons (Fsp3) is 0.176. The van der Waals surface area contributed by atoms with Gasteiger partial charge in [0.25, 0.3) is 0 Å². The Labute approximate surface area is 138 Å². The molecule has 0 saturated carbocycles. The van der Waals surface area contributed by atoms with Gasteiger partial charge in [0.2, 0.25) is 0 Å². The first-order chi connectivity index (χ1) is 11.4. The molecule has 7 nitrogen and oxygen atoms in total. The normalized spacial score (nSPS) is 11.9. The molecule has 3 aromatic rings. The highest BCUT2D eigenvalue weighted by molar-refractivity contribution is 6.06. The van der Waals surface area contributed by atoms with Crippen molar-refractivity contribution in [3.63, 3.8) is 0 Å². The van der Waals surface area contributed by atoms with Gasteiger partial charge in [-0.05, 0) is 31.5 Å². The minimum atomic E-state index is -0.00229. The zero-order valence-corrected chi connectivity index (χ0v) is 13.6. The topological polar surface area (TPSA) is 110 Å². The number of phenolic OH excluding ortho intramolecular Hbond substituents is 1. The van der Waals surface area contributed by atoms with Gasteiger partial charge in [0, 0.05) is 24.4 Å². The van der Waals surface area contributed by atoms with Gasteiger partial charge in [-0.3, -0.25) is 0 Å². The van der Waals surface area contributed by atoms with Gasteiger partial charge >= 0.3 is 0 Å². The highest BCUT2D eigenvalue weighted by atomic mass is 16.5. The second-order valence-electron chi connectivity index (χ2n) is 5.61. The zero-order chi connectivity index (χ0) is 17.4. The summed E-state index contributed by atoms with van der Waals surface area (Å²) in [5.74, 6) is 0.827. The lowest BCUT2D eigenvalue weighted by atomic mass is 9.95. The summed E-state index contributed by atoms with van der Waals surface area (Å²) in [5, 5.41) is 25.9. The molecule has 124 valence electrons. The van der Waals surface area contributed by atoms with Crippen molar-refractivity contribution >= 4 is 5.84 Å². The van der Waals surface area contributed by atoms with E-state index in [2.05, 4.69) is 10.3 Å². The third-order valence-corrected chi connectivity index (χ3v) is 3.99. The summed E-state index contributed by atoms with van der Waals surface area (Å²) in [6, 6.07) is 6.84. The van der Waals surface area contributed by atoms with E-state index in [1.807, 2.05) is 39.2 Å². The molecule has 2 heterocycles. The van der Waals surface area contributed by atoms with E-state index in [1.165, 1.54) is 0 Å². The summed E-state index contributed by atoms with van der Waals surface area (Å²) in [5.41, 5.74) is 10.5. The van der Waals surface area contributed by atoms with E-state index in [0.29, 0.717) is 17.1 Å². The van der Waals surface area contributed by atoms with Gasteiger partial charge in [0.15, 0.2) is 5.84 Å². The standard InChI is InChI=1S/C17H18N4O3/c1-9-14(10(2)24-20-9)15-13(11-4-6-12(22)7-5-11)8-21(3)16(15)17(18)19-23/h4-8,22-23H,1-3H3,(H2,18,19). The first-order valence-corrected chi connectivity index (χ1v) is 7.34. The molecular formula is C17H18N4O3. The van der Waals surface area contributed by atoms with Gasteiger partial charge in [0.05, 0.1) is 17.0 Å². The molecule has 0 aliphatic heterocycles. The molecule has 7 heteroatoms. The zero-order valence-electron chi connectivity index (χ0n) is 13.6. The highest BCUT2D eigenvalue weighted by Gasteiger charge is 2.25. The van der Waals surface area contributed by atoms with Crippen LogP contribution >= 0.6 is 0 Å². The quantitative estimate of drug-likeness (QED) is 0.297. The molecule has 0 radical (unpaired) electrons. The van der Waals surface area contributed by atoms with Gasteiger partial charge in [-0.25, -0.2) is 0 Å². The minimum Gasteiger partial charge on any atom is -0.508 e. The van der Waals surface area contributed by atoms with E-state index in [4.69, 9.17) is 15.5 Å². The molecule has 3 rings (SSSR count). The van der Waals surface area contributed by atoms with E-state index in [-0.39, 0.29) is 11.6 Å². The Kier molecular flexibility index (Phi) is 3.76. The molecule has 0 fully saturated rings. The van der Waals surface area contributed by atoms with Crippen molar-refractivity contribution in [1.29, 1.82) is 0 Å². The van der Waals surface area contributed by atoms with Gasteiger partial charge in [0.1, 0.15) is 11.5 Å². The number of benzene rings is 1. The second-order valence-corrected chi connectivity index (χ2v) is 5.61. The Morgan fingerprint density at radius 2 is 1.88 bits per heavy atom. The Morgan fingerprint density at radius 1 is 1.21 bits per heavy atom. The number of oxime groups is 1. The molecule has 0 aliphatic rings. The highest BCUT2D eigenvalue weighted by Crippen LogP contribution is 2.39. The van der Waals surface area contributed by atoms with Crippen LogP contribution in [0.1, 0.15) is 17.1 Å². The SMILES string of the molecule is Cc1noc(C)c1-c1c(-c2ccc(O)cc2)cn(C)c1C(N)=NO.